The molecular formula is C13H21N3O. The lowest BCUT2D eigenvalue weighted by atomic mass is 10.1. The van der Waals surface area contributed by atoms with Gasteiger partial charge in [0.15, 0.2) is 0 Å². The Hall–Kier alpha value is -1.16. The molecule has 2 heterocycles. The number of hydrogen-bond donors (Lipinski definition) is 0. The molecule has 1 aliphatic rings. The van der Waals surface area contributed by atoms with Gasteiger partial charge >= 0.3 is 6.01 Å². The lowest BCUT2D eigenvalue weighted by Crippen LogP contribution is -2.25. The van der Waals surface area contributed by atoms with Crippen molar-refractivity contribution < 1.29 is 4.74 Å². The Morgan fingerprint density at radius 1 is 1.35 bits per heavy atom. The second-order valence-corrected chi connectivity index (χ2v) is 4.82. The molecule has 1 fully saturated rings. The van der Waals surface area contributed by atoms with E-state index in [0.717, 1.165) is 12.2 Å². The normalized spacial score (nSPS) is 16.6. The Morgan fingerprint density at radius 3 is 2.82 bits per heavy atom. The largest absolute Gasteiger partial charge is 0.462 e. The Kier molecular flexibility index (Phi) is 4.31. The molecular weight excluding hydrogens is 214 g/mol. The highest BCUT2D eigenvalue weighted by atomic mass is 16.5. The van der Waals surface area contributed by atoms with Gasteiger partial charge in [-0.1, -0.05) is 13.8 Å². The van der Waals surface area contributed by atoms with Gasteiger partial charge < -0.3 is 4.74 Å². The molecule has 0 bridgehead atoms. The van der Waals surface area contributed by atoms with Crippen molar-refractivity contribution in [1.82, 2.24) is 14.9 Å². The highest BCUT2D eigenvalue weighted by molar-refractivity contribution is 5.08. The van der Waals surface area contributed by atoms with E-state index in [0.29, 0.717) is 18.5 Å². The summed E-state index contributed by atoms with van der Waals surface area (Å²) in [5.74, 6) is 0.416. The van der Waals surface area contributed by atoms with Crippen LogP contribution in [-0.2, 0) is 0 Å². The quantitative estimate of drug-likeness (QED) is 0.783. The molecule has 0 N–H and O–H groups in total. The van der Waals surface area contributed by atoms with Gasteiger partial charge in [-0.05, 0) is 37.9 Å². The van der Waals surface area contributed by atoms with Crippen LogP contribution < -0.4 is 4.74 Å². The molecule has 4 heteroatoms. The molecule has 17 heavy (non-hydrogen) atoms. The van der Waals surface area contributed by atoms with Crippen molar-refractivity contribution in [3.8, 4) is 6.01 Å². The molecule has 1 aromatic rings. The van der Waals surface area contributed by atoms with E-state index >= 15 is 0 Å². The van der Waals surface area contributed by atoms with Crippen LogP contribution in [0.15, 0.2) is 12.3 Å². The van der Waals surface area contributed by atoms with Crippen molar-refractivity contribution in [2.24, 2.45) is 0 Å². The summed E-state index contributed by atoms with van der Waals surface area (Å²) >= 11 is 0. The minimum atomic E-state index is 0.416. The third kappa shape index (κ3) is 3.66. The molecule has 2 rings (SSSR count). The van der Waals surface area contributed by atoms with Crippen molar-refractivity contribution in [1.29, 1.82) is 0 Å². The van der Waals surface area contributed by atoms with E-state index < -0.39 is 0 Å². The molecule has 0 amide bonds. The van der Waals surface area contributed by atoms with Gasteiger partial charge in [0, 0.05) is 12.7 Å². The van der Waals surface area contributed by atoms with E-state index in [1.165, 1.54) is 25.9 Å². The average Bonchev–Trinajstić information content (AvgIpc) is 2.82. The van der Waals surface area contributed by atoms with Crippen LogP contribution in [0.4, 0.5) is 0 Å². The van der Waals surface area contributed by atoms with E-state index in [1.807, 2.05) is 6.07 Å². The molecule has 0 atom stereocenters. The van der Waals surface area contributed by atoms with Gasteiger partial charge in [-0.25, -0.2) is 9.97 Å². The van der Waals surface area contributed by atoms with Gasteiger partial charge in [0.25, 0.3) is 0 Å². The summed E-state index contributed by atoms with van der Waals surface area (Å²) in [5.41, 5.74) is 1.04. The third-order valence-corrected chi connectivity index (χ3v) is 3.08. The number of nitrogens with zero attached hydrogens (tertiary/aromatic N) is 3. The Balaban J connectivity index is 1.79. The highest BCUT2D eigenvalue weighted by Gasteiger charge is 2.11. The first-order valence-corrected chi connectivity index (χ1v) is 6.44. The van der Waals surface area contributed by atoms with Crippen molar-refractivity contribution in [2.45, 2.75) is 32.6 Å². The second kappa shape index (κ2) is 5.96. The summed E-state index contributed by atoms with van der Waals surface area (Å²) in [6.45, 7) is 8.32. The zero-order chi connectivity index (χ0) is 12.1. The van der Waals surface area contributed by atoms with Crippen LogP contribution in [0.25, 0.3) is 0 Å². The predicted molar refractivity (Wildman–Crippen MR) is 67.3 cm³/mol. The number of likely N-dealkylation sites (tertiary alicyclic amines) is 1. The van der Waals surface area contributed by atoms with Crippen LogP contribution in [0.2, 0.25) is 0 Å². The van der Waals surface area contributed by atoms with Crippen LogP contribution in [0.1, 0.15) is 38.3 Å². The van der Waals surface area contributed by atoms with Crippen molar-refractivity contribution in [3.63, 3.8) is 0 Å². The monoisotopic (exact) mass is 235 g/mol. The first-order valence-electron chi connectivity index (χ1n) is 6.44. The fourth-order valence-electron chi connectivity index (χ4n) is 2.02. The molecule has 0 aromatic carbocycles. The topological polar surface area (TPSA) is 38.2 Å². The maximum absolute atomic E-state index is 5.59. The fraction of sp³-hybridized carbons (Fsp3) is 0.692. The number of ether oxygens (including phenoxy) is 1. The predicted octanol–water partition coefficient (Wildman–Crippen LogP) is 2.07. The first kappa shape index (κ1) is 12.3. The van der Waals surface area contributed by atoms with Crippen LogP contribution >= 0.6 is 0 Å². The summed E-state index contributed by atoms with van der Waals surface area (Å²) < 4.78 is 5.59. The van der Waals surface area contributed by atoms with Gasteiger partial charge in [0.05, 0.1) is 5.69 Å². The lowest BCUT2D eigenvalue weighted by molar-refractivity contribution is 0.224. The zero-order valence-corrected chi connectivity index (χ0v) is 10.7. The molecule has 0 unspecified atom stereocenters. The maximum Gasteiger partial charge on any atom is 0.316 e. The van der Waals surface area contributed by atoms with Gasteiger partial charge in [-0.3, -0.25) is 4.90 Å². The maximum atomic E-state index is 5.59. The Morgan fingerprint density at radius 2 is 2.12 bits per heavy atom. The number of hydrogen-bond acceptors (Lipinski definition) is 4. The molecule has 0 saturated carbocycles. The average molecular weight is 235 g/mol. The molecule has 1 aromatic heterocycles. The molecule has 4 nitrogen and oxygen atoms in total. The van der Waals surface area contributed by atoms with Crippen LogP contribution in [0, 0.1) is 0 Å². The van der Waals surface area contributed by atoms with E-state index in [2.05, 4.69) is 28.7 Å². The van der Waals surface area contributed by atoms with Gasteiger partial charge in [0.1, 0.15) is 6.61 Å². The van der Waals surface area contributed by atoms with E-state index in [4.69, 9.17) is 4.74 Å². The van der Waals surface area contributed by atoms with Gasteiger partial charge in [0.2, 0.25) is 0 Å². The highest BCUT2D eigenvalue weighted by Crippen LogP contribution is 2.13. The van der Waals surface area contributed by atoms with Crippen molar-refractivity contribution in [2.75, 3.05) is 26.2 Å². The minimum Gasteiger partial charge on any atom is -0.462 e. The first-order chi connectivity index (χ1) is 8.25. The summed E-state index contributed by atoms with van der Waals surface area (Å²) in [6, 6.07) is 2.45. The third-order valence-electron chi connectivity index (χ3n) is 3.08. The van der Waals surface area contributed by atoms with Gasteiger partial charge in [-0.15, -0.1) is 0 Å². The SMILES string of the molecule is CC(C)c1ccnc(OCCN2CCCC2)n1. The zero-order valence-electron chi connectivity index (χ0n) is 10.7. The Bertz CT molecular complexity index is 348. The smallest absolute Gasteiger partial charge is 0.316 e. The second-order valence-electron chi connectivity index (χ2n) is 4.82. The number of aromatic nitrogens is 2. The fourth-order valence-corrected chi connectivity index (χ4v) is 2.02. The van der Waals surface area contributed by atoms with E-state index in [1.54, 1.807) is 6.20 Å². The molecule has 1 aliphatic heterocycles. The Labute approximate surface area is 103 Å². The van der Waals surface area contributed by atoms with Crippen LogP contribution in [0.5, 0.6) is 6.01 Å². The van der Waals surface area contributed by atoms with Crippen LogP contribution in [0.3, 0.4) is 0 Å². The molecule has 94 valence electrons. The standard InChI is InChI=1S/C13H21N3O/c1-11(2)12-5-6-14-13(15-12)17-10-9-16-7-3-4-8-16/h5-6,11H,3-4,7-10H2,1-2H3. The van der Waals surface area contributed by atoms with Crippen molar-refractivity contribution >= 4 is 0 Å². The molecule has 0 spiro atoms. The van der Waals surface area contributed by atoms with E-state index in [-0.39, 0.29) is 0 Å². The molecule has 0 radical (unpaired) electrons. The summed E-state index contributed by atoms with van der Waals surface area (Å²) in [4.78, 5) is 10.9. The minimum absolute atomic E-state index is 0.416. The van der Waals surface area contributed by atoms with E-state index in [9.17, 15) is 0 Å². The summed E-state index contributed by atoms with van der Waals surface area (Å²) in [7, 11) is 0. The van der Waals surface area contributed by atoms with Crippen molar-refractivity contribution in [3.05, 3.63) is 18.0 Å². The summed E-state index contributed by atoms with van der Waals surface area (Å²) in [6.07, 6.45) is 4.41. The molecule has 1 saturated heterocycles. The number of rotatable bonds is 5. The van der Waals surface area contributed by atoms with Gasteiger partial charge in [-0.2, -0.15) is 0 Å². The molecule has 0 aliphatic carbocycles. The summed E-state index contributed by atoms with van der Waals surface area (Å²) in [5, 5.41) is 0. The van der Waals surface area contributed by atoms with Crippen LogP contribution in [-0.4, -0.2) is 41.1 Å². The lowest BCUT2D eigenvalue weighted by Gasteiger charge is -2.14.